The lowest BCUT2D eigenvalue weighted by Gasteiger charge is -2.24. The summed E-state index contributed by atoms with van der Waals surface area (Å²) in [6.07, 6.45) is 0. The lowest BCUT2D eigenvalue weighted by molar-refractivity contribution is -0.114. The van der Waals surface area contributed by atoms with Gasteiger partial charge < -0.3 is 10.1 Å². The number of sulfonamides is 1. The molecule has 0 unspecified atom stereocenters. The van der Waals surface area contributed by atoms with E-state index in [0.29, 0.717) is 17.1 Å². The Morgan fingerprint density at radius 2 is 1.48 bits per heavy atom. The summed E-state index contributed by atoms with van der Waals surface area (Å²) in [5.41, 5.74) is 3.92. The predicted octanol–water partition coefficient (Wildman–Crippen LogP) is 4.45. The Hall–Kier alpha value is -3.32. The maximum absolute atomic E-state index is 13.4. The normalized spacial score (nSPS) is 11.1. The van der Waals surface area contributed by atoms with E-state index in [1.165, 1.54) is 19.2 Å². The molecule has 162 valence electrons. The number of hydrogen-bond donors (Lipinski definition) is 1. The maximum Gasteiger partial charge on any atom is 0.264 e. The summed E-state index contributed by atoms with van der Waals surface area (Å²) in [5.74, 6) is 0.128. The molecule has 0 saturated carbocycles. The molecule has 3 aromatic rings. The summed E-state index contributed by atoms with van der Waals surface area (Å²) < 4.78 is 33.1. The van der Waals surface area contributed by atoms with E-state index in [4.69, 9.17) is 4.74 Å². The lowest BCUT2D eigenvalue weighted by Crippen LogP contribution is -2.38. The number of methoxy groups -OCH3 is 1. The highest BCUT2D eigenvalue weighted by Crippen LogP contribution is 2.26. The first-order valence-electron chi connectivity index (χ1n) is 9.82. The van der Waals surface area contributed by atoms with Gasteiger partial charge in [0.2, 0.25) is 5.91 Å². The molecule has 3 aromatic carbocycles. The minimum atomic E-state index is -3.98. The van der Waals surface area contributed by atoms with Crippen molar-refractivity contribution in [3.05, 3.63) is 83.4 Å². The van der Waals surface area contributed by atoms with Gasteiger partial charge in [-0.25, -0.2) is 8.42 Å². The first-order valence-corrected chi connectivity index (χ1v) is 11.3. The number of carbonyl (C=O) groups excluding carboxylic acids is 1. The molecule has 7 heteroatoms. The van der Waals surface area contributed by atoms with Crippen molar-refractivity contribution in [2.24, 2.45) is 0 Å². The van der Waals surface area contributed by atoms with Gasteiger partial charge in [0.25, 0.3) is 10.0 Å². The third-order valence-corrected chi connectivity index (χ3v) is 6.79. The fraction of sp³-hybridized carbons (Fsp3) is 0.208. The number of ether oxygens (including phenoxy) is 1. The monoisotopic (exact) mass is 438 g/mol. The second kappa shape index (κ2) is 9.22. The van der Waals surface area contributed by atoms with Crippen LogP contribution in [0.2, 0.25) is 0 Å². The van der Waals surface area contributed by atoms with Crippen molar-refractivity contribution in [2.75, 3.05) is 23.3 Å². The molecule has 0 saturated heterocycles. The minimum absolute atomic E-state index is 0.0775. The van der Waals surface area contributed by atoms with Crippen LogP contribution >= 0.6 is 0 Å². The molecule has 6 nitrogen and oxygen atoms in total. The van der Waals surface area contributed by atoms with Gasteiger partial charge in [0.15, 0.2) is 0 Å². The maximum atomic E-state index is 13.4. The highest BCUT2D eigenvalue weighted by Gasteiger charge is 2.27. The van der Waals surface area contributed by atoms with Gasteiger partial charge in [0.1, 0.15) is 12.3 Å². The topological polar surface area (TPSA) is 75.7 Å². The van der Waals surface area contributed by atoms with Crippen LogP contribution in [-0.4, -0.2) is 28.0 Å². The Bertz CT molecular complexity index is 1150. The molecule has 0 fully saturated rings. The van der Waals surface area contributed by atoms with Gasteiger partial charge in [0, 0.05) is 5.69 Å². The van der Waals surface area contributed by atoms with Crippen LogP contribution in [0.15, 0.2) is 71.6 Å². The molecule has 0 aliphatic rings. The Labute approximate surface area is 183 Å². The van der Waals surface area contributed by atoms with Crippen LogP contribution in [-0.2, 0) is 14.8 Å². The number of amides is 1. The third-order valence-electron chi connectivity index (χ3n) is 5.00. The second-order valence-electron chi connectivity index (χ2n) is 7.34. The van der Waals surface area contributed by atoms with Crippen LogP contribution in [0.4, 0.5) is 11.4 Å². The van der Waals surface area contributed by atoms with Gasteiger partial charge in [-0.3, -0.25) is 9.10 Å². The number of benzene rings is 3. The molecular weight excluding hydrogens is 412 g/mol. The third kappa shape index (κ3) is 5.06. The summed E-state index contributed by atoms with van der Waals surface area (Å²) in [6, 6.07) is 18.8. The van der Waals surface area contributed by atoms with Crippen molar-refractivity contribution in [3.8, 4) is 5.75 Å². The Morgan fingerprint density at radius 3 is 2.03 bits per heavy atom. The Balaban J connectivity index is 1.96. The van der Waals surface area contributed by atoms with E-state index in [2.05, 4.69) is 5.32 Å². The summed E-state index contributed by atoms with van der Waals surface area (Å²) in [7, 11) is -2.47. The molecule has 0 heterocycles. The SMILES string of the molecule is COc1ccc(S(=O)(=O)N(CC(=O)Nc2c(C)cccc2C)c2ccc(C)cc2)cc1. The smallest absolute Gasteiger partial charge is 0.264 e. The molecule has 31 heavy (non-hydrogen) atoms. The first-order chi connectivity index (χ1) is 14.7. The molecule has 3 rings (SSSR count). The number of nitrogens with zero attached hydrogens (tertiary/aromatic N) is 1. The number of carbonyl (C=O) groups is 1. The van der Waals surface area contributed by atoms with E-state index in [0.717, 1.165) is 21.0 Å². The van der Waals surface area contributed by atoms with Crippen molar-refractivity contribution in [1.29, 1.82) is 0 Å². The lowest BCUT2D eigenvalue weighted by atomic mass is 10.1. The second-order valence-corrected chi connectivity index (χ2v) is 9.20. The Morgan fingerprint density at radius 1 is 0.903 bits per heavy atom. The summed E-state index contributed by atoms with van der Waals surface area (Å²) in [5, 5.41) is 2.87. The van der Waals surface area contributed by atoms with Crippen molar-refractivity contribution in [2.45, 2.75) is 25.7 Å². The summed E-state index contributed by atoms with van der Waals surface area (Å²) >= 11 is 0. The largest absolute Gasteiger partial charge is 0.497 e. The van der Waals surface area contributed by atoms with Gasteiger partial charge in [-0.1, -0.05) is 35.9 Å². The zero-order valence-corrected chi connectivity index (χ0v) is 18.9. The number of nitrogens with one attached hydrogen (secondary N) is 1. The van der Waals surface area contributed by atoms with Gasteiger partial charge >= 0.3 is 0 Å². The van der Waals surface area contributed by atoms with E-state index < -0.39 is 15.9 Å². The number of aryl methyl sites for hydroxylation is 3. The first kappa shape index (κ1) is 22.4. The molecule has 0 atom stereocenters. The predicted molar refractivity (Wildman–Crippen MR) is 123 cm³/mol. The average Bonchev–Trinajstić information content (AvgIpc) is 2.75. The molecule has 0 aliphatic heterocycles. The molecule has 0 aromatic heterocycles. The standard InChI is InChI=1S/C24H26N2O4S/c1-17-8-10-20(11-9-17)26(31(28,29)22-14-12-21(30-4)13-15-22)16-23(27)25-24-18(2)6-5-7-19(24)3/h5-15H,16H2,1-4H3,(H,25,27). The molecule has 1 N–H and O–H groups in total. The van der Waals surface area contributed by atoms with E-state index in [-0.39, 0.29) is 11.4 Å². The molecular formula is C24H26N2O4S. The fourth-order valence-electron chi connectivity index (χ4n) is 3.22. The summed E-state index contributed by atoms with van der Waals surface area (Å²) in [4.78, 5) is 13.0. The van der Waals surface area contributed by atoms with Gasteiger partial charge in [-0.05, 0) is 68.3 Å². The van der Waals surface area contributed by atoms with E-state index in [1.54, 1.807) is 24.3 Å². The van der Waals surface area contributed by atoms with Crippen LogP contribution in [0.1, 0.15) is 16.7 Å². The number of anilines is 2. The minimum Gasteiger partial charge on any atom is -0.497 e. The highest BCUT2D eigenvalue weighted by atomic mass is 32.2. The number of rotatable bonds is 7. The van der Waals surface area contributed by atoms with Crippen LogP contribution in [0.25, 0.3) is 0 Å². The zero-order chi connectivity index (χ0) is 22.6. The average molecular weight is 439 g/mol. The van der Waals surface area contributed by atoms with Crippen molar-refractivity contribution in [1.82, 2.24) is 0 Å². The molecule has 0 spiro atoms. The molecule has 0 aliphatic carbocycles. The van der Waals surface area contributed by atoms with Gasteiger partial charge in [-0.15, -0.1) is 0 Å². The molecule has 1 amide bonds. The van der Waals surface area contributed by atoms with Crippen LogP contribution in [0.3, 0.4) is 0 Å². The van der Waals surface area contributed by atoms with Crippen LogP contribution < -0.4 is 14.4 Å². The number of hydrogen-bond acceptors (Lipinski definition) is 4. The van der Waals surface area contributed by atoms with E-state index >= 15 is 0 Å². The zero-order valence-electron chi connectivity index (χ0n) is 18.0. The molecule has 0 bridgehead atoms. The molecule has 0 radical (unpaired) electrons. The van der Waals surface area contributed by atoms with E-state index in [1.807, 2.05) is 51.1 Å². The number of para-hydroxylation sites is 1. The Kier molecular flexibility index (Phi) is 6.65. The van der Waals surface area contributed by atoms with Gasteiger partial charge in [-0.2, -0.15) is 0 Å². The van der Waals surface area contributed by atoms with Crippen molar-refractivity contribution in [3.63, 3.8) is 0 Å². The highest BCUT2D eigenvalue weighted by molar-refractivity contribution is 7.92. The van der Waals surface area contributed by atoms with Crippen molar-refractivity contribution >= 4 is 27.3 Å². The fourth-order valence-corrected chi connectivity index (χ4v) is 4.64. The van der Waals surface area contributed by atoms with Gasteiger partial charge in [0.05, 0.1) is 17.7 Å². The van der Waals surface area contributed by atoms with Crippen LogP contribution in [0.5, 0.6) is 5.75 Å². The van der Waals surface area contributed by atoms with Crippen LogP contribution in [0, 0.1) is 20.8 Å². The van der Waals surface area contributed by atoms with Crippen molar-refractivity contribution < 1.29 is 17.9 Å². The van der Waals surface area contributed by atoms with E-state index in [9.17, 15) is 13.2 Å². The quantitative estimate of drug-likeness (QED) is 0.591. The summed E-state index contributed by atoms with van der Waals surface area (Å²) in [6.45, 7) is 5.36.